The van der Waals surface area contributed by atoms with Crippen molar-refractivity contribution in [3.63, 3.8) is 0 Å². The van der Waals surface area contributed by atoms with Gasteiger partial charge in [-0.1, -0.05) is 75.5 Å². The Morgan fingerprint density at radius 1 is 0.708 bits per heavy atom. The molecule has 0 aliphatic rings. The molecule has 0 fully saturated rings. The van der Waals surface area contributed by atoms with Crippen molar-refractivity contribution in [3.8, 4) is 11.1 Å². The molecule has 4 rings (SSSR count). The van der Waals surface area contributed by atoms with E-state index < -0.39 is 0 Å². The molecule has 0 saturated heterocycles. The fourth-order valence-corrected chi connectivity index (χ4v) is 5.18. The molecular weight excluding hydrogens is 518 g/mol. The Bertz CT molecular complexity index is 1110. The van der Waals surface area contributed by atoms with Gasteiger partial charge in [-0.25, -0.2) is 0 Å². The summed E-state index contributed by atoms with van der Waals surface area (Å²) in [4.78, 5) is 0. The SMILES string of the molecule is Clc1ccc(-c2c(I)c3ccc(Cl)cc3c3ccccc23)c(Br)c1. The summed E-state index contributed by atoms with van der Waals surface area (Å²) in [7, 11) is 0. The topological polar surface area (TPSA) is 0 Å². The van der Waals surface area contributed by atoms with E-state index in [1.54, 1.807) is 0 Å². The van der Waals surface area contributed by atoms with E-state index in [9.17, 15) is 0 Å². The van der Waals surface area contributed by atoms with Gasteiger partial charge in [0, 0.05) is 23.7 Å². The maximum atomic E-state index is 6.25. The predicted octanol–water partition coefficient (Wildman–Crippen LogP) is 8.33. The van der Waals surface area contributed by atoms with Crippen LogP contribution in [0.3, 0.4) is 0 Å². The Kier molecular flexibility index (Phi) is 4.50. The first-order valence-corrected chi connectivity index (χ1v) is 9.94. The zero-order valence-corrected chi connectivity index (χ0v) is 17.5. The number of hydrogen-bond donors (Lipinski definition) is 0. The highest BCUT2D eigenvalue weighted by Gasteiger charge is 2.16. The van der Waals surface area contributed by atoms with Crippen LogP contribution in [0.15, 0.2) is 65.1 Å². The van der Waals surface area contributed by atoms with E-state index in [0.29, 0.717) is 0 Å². The van der Waals surface area contributed by atoms with Gasteiger partial charge in [0.2, 0.25) is 0 Å². The second-order valence-corrected chi connectivity index (χ2v) is 8.35. The van der Waals surface area contributed by atoms with E-state index in [1.165, 1.54) is 30.7 Å². The first-order chi connectivity index (χ1) is 11.6. The van der Waals surface area contributed by atoms with Gasteiger partial charge in [-0.05, 0) is 74.0 Å². The van der Waals surface area contributed by atoms with Crippen molar-refractivity contribution in [2.24, 2.45) is 0 Å². The van der Waals surface area contributed by atoms with Crippen molar-refractivity contribution in [1.29, 1.82) is 0 Å². The number of benzene rings is 4. The van der Waals surface area contributed by atoms with Crippen LogP contribution in [0.4, 0.5) is 0 Å². The molecule has 0 nitrogen and oxygen atoms in total. The minimum atomic E-state index is 0.720. The maximum absolute atomic E-state index is 6.25. The molecule has 0 bridgehead atoms. The minimum absolute atomic E-state index is 0.720. The first-order valence-electron chi connectivity index (χ1n) is 7.31. The summed E-state index contributed by atoms with van der Waals surface area (Å²) in [5, 5.41) is 6.26. The molecule has 0 N–H and O–H groups in total. The normalized spacial score (nSPS) is 11.3. The summed E-state index contributed by atoms with van der Waals surface area (Å²) in [6.45, 7) is 0. The van der Waals surface area contributed by atoms with Gasteiger partial charge < -0.3 is 0 Å². The molecule has 0 amide bonds. The molecule has 0 spiro atoms. The fourth-order valence-electron chi connectivity index (χ4n) is 3.08. The molecule has 0 aliphatic carbocycles. The van der Waals surface area contributed by atoms with Gasteiger partial charge in [0.15, 0.2) is 0 Å². The van der Waals surface area contributed by atoms with Crippen molar-refractivity contribution >= 4 is 83.3 Å². The lowest BCUT2D eigenvalue weighted by Gasteiger charge is -2.16. The molecule has 4 aromatic rings. The van der Waals surface area contributed by atoms with Gasteiger partial charge in [-0.3, -0.25) is 0 Å². The lowest BCUT2D eigenvalue weighted by molar-refractivity contribution is 1.60. The van der Waals surface area contributed by atoms with Gasteiger partial charge in [-0.2, -0.15) is 0 Å². The van der Waals surface area contributed by atoms with Crippen molar-refractivity contribution < 1.29 is 0 Å². The van der Waals surface area contributed by atoms with Crippen LogP contribution in [0.1, 0.15) is 0 Å². The molecule has 0 atom stereocenters. The van der Waals surface area contributed by atoms with Gasteiger partial charge in [0.05, 0.1) is 0 Å². The van der Waals surface area contributed by atoms with E-state index >= 15 is 0 Å². The molecule has 24 heavy (non-hydrogen) atoms. The fraction of sp³-hybridized carbons (Fsp3) is 0. The second kappa shape index (κ2) is 6.49. The van der Waals surface area contributed by atoms with E-state index in [2.05, 4.69) is 74.9 Å². The number of rotatable bonds is 1. The van der Waals surface area contributed by atoms with Crippen LogP contribution in [0.2, 0.25) is 10.0 Å². The average molecular weight is 528 g/mol. The van der Waals surface area contributed by atoms with Crippen molar-refractivity contribution in [2.75, 3.05) is 0 Å². The van der Waals surface area contributed by atoms with Crippen LogP contribution < -0.4 is 0 Å². The maximum Gasteiger partial charge on any atom is 0.0417 e. The van der Waals surface area contributed by atoms with Crippen molar-refractivity contribution in [3.05, 3.63) is 78.8 Å². The third kappa shape index (κ3) is 2.74. The first kappa shape index (κ1) is 16.6. The molecule has 0 radical (unpaired) electrons. The Morgan fingerprint density at radius 3 is 2.12 bits per heavy atom. The summed E-state index contributed by atoms with van der Waals surface area (Å²) in [6.07, 6.45) is 0. The highest BCUT2D eigenvalue weighted by Crippen LogP contribution is 2.43. The van der Waals surface area contributed by atoms with E-state index in [1.807, 2.05) is 24.3 Å². The Hall–Kier alpha value is -0.810. The molecule has 4 heteroatoms. The Balaban J connectivity index is 2.22. The van der Waals surface area contributed by atoms with Crippen LogP contribution in [0.25, 0.3) is 32.7 Å². The molecule has 118 valence electrons. The highest BCUT2D eigenvalue weighted by atomic mass is 127. The Labute approximate surface area is 172 Å². The monoisotopic (exact) mass is 526 g/mol. The van der Waals surface area contributed by atoms with Crippen LogP contribution in [-0.4, -0.2) is 0 Å². The molecule has 0 saturated carbocycles. The zero-order valence-electron chi connectivity index (χ0n) is 12.3. The quantitative estimate of drug-likeness (QED) is 0.172. The molecule has 0 unspecified atom stereocenters. The lowest BCUT2D eigenvalue weighted by atomic mass is 9.93. The third-order valence-electron chi connectivity index (χ3n) is 4.12. The summed E-state index contributed by atoms with van der Waals surface area (Å²) >= 11 is 18.5. The summed E-state index contributed by atoms with van der Waals surface area (Å²) in [6, 6.07) is 20.5. The number of hydrogen-bond acceptors (Lipinski definition) is 0. The average Bonchev–Trinajstić information content (AvgIpc) is 2.56. The minimum Gasteiger partial charge on any atom is -0.0843 e. The second-order valence-electron chi connectivity index (χ2n) is 5.55. The predicted molar refractivity (Wildman–Crippen MR) is 117 cm³/mol. The van der Waals surface area contributed by atoms with Crippen LogP contribution in [0, 0.1) is 3.57 Å². The summed E-state index contributed by atoms with van der Waals surface area (Å²) in [5.74, 6) is 0. The lowest BCUT2D eigenvalue weighted by Crippen LogP contribution is -1.91. The van der Waals surface area contributed by atoms with Crippen molar-refractivity contribution in [1.82, 2.24) is 0 Å². The highest BCUT2D eigenvalue weighted by molar-refractivity contribution is 14.1. The zero-order chi connectivity index (χ0) is 16.8. The molecule has 4 aromatic carbocycles. The van der Waals surface area contributed by atoms with Crippen LogP contribution >= 0.6 is 61.7 Å². The van der Waals surface area contributed by atoms with Gasteiger partial charge in [-0.15, -0.1) is 0 Å². The number of halogens is 4. The third-order valence-corrected chi connectivity index (χ3v) is 6.37. The summed E-state index contributed by atoms with van der Waals surface area (Å²) in [5.41, 5.74) is 2.35. The molecule has 0 heterocycles. The standard InChI is InChI=1S/C20H10BrCl2I/c21-18-10-12(23)6-8-16(18)19-14-4-2-1-3-13(14)17-9-11(22)5-7-15(17)20(19)24/h1-10H. The largest absolute Gasteiger partial charge is 0.0843 e. The number of fused-ring (bicyclic) bond motifs is 3. The van der Waals surface area contributed by atoms with E-state index in [0.717, 1.165) is 20.1 Å². The van der Waals surface area contributed by atoms with Crippen molar-refractivity contribution in [2.45, 2.75) is 0 Å². The Morgan fingerprint density at radius 2 is 1.38 bits per heavy atom. The van der Waals surface area contributed by atoms with E-state index in [4.69, 9.17) is 23.2 Å². The smallest absolute Gasteiger partial charge is 0.0417 e. The van der Waals surface area contributed by atoms with Crippen LogP contribution in [0.5, 0.6) is 0 Å². The van der Waals surface area contributed by atoms with Crippen LogP contribution in [-0.2, 0) is 0 Å². The molecular formula is C20H10BrCl2I. The van der Waals surface area contributed by atoms with Gasteiger partial charge >= 0.3 is 0 Å². The van der Waals surface area contributed by atoms with E-state index in [-0.39, 0.29) is 0 Å². The summed E-state index contributed by atoms with van der Waals surface area (Å²) < 4.78 is 2.20. The van der Waals surface area contributed by atoms with Gasteiger partial charge in [0.25, 0.3) is 0 Å². The van der Waals surface area contributed by atoms with Gasteiger partial charge in [0.1, 0.15) is 0 Å². The molecule has 0 aliphatic heterocycles. The molecule has 0 aromatic heterocycles.